The number of piperidine rings is 1. The highest BCUT2D eigenvalue weighted by atomic mass is 16.5. The molecule has 0 aliphatic carbocycles. The van der Waals surface area contributed by atoms with Crippen molar-refractivity contribution in [3.8, 4) is 0 Å². The van der Waals surface area contributed by atoms with Gasteiger partial charge >= 0.3 is 0 Å². The van der Waals surface area contributed by atoms with E-state index in [9.17, 15) is 9.59 Å². The molecule has 2 heterocycles. The fourth-order valence-electron chi connectivity index (χ4n) is 4.01. The zero-order chi connectivity index (χ0) is 14.3. The lowest BCUT2D eigenvalue weighted by Crippen LogP contribution is -2.58. The molecular formula is C15H25NO3. The monoisotopic (exact) mass is 267 g/mol. The summed E-state index contributed by atoms with van der Waals surface area (Å²) in [6, 6.07) is 0. The second kappa shape index (κ2) is 4.89. The van der Waals surface area contributed by atoms with E-state index in [2.05, 4.69) is 33.0 Å². The lowest BCUT2D eigenvalue weighted by atomic mass is 9.58. The molecule has 2 saturated heterocycles. The standard InChI is InChI=1S/C15H25NO3/c1-5-14(4)9-15(6-7-19-14)8-11(17)16-13(18)12(15)10(2)3/h10,12H,5-9H2,1-4H3,(H,16,17,18). The van der Waals surface area contributed by atoms with Gasteiger partial charge in [-0.15, -0.1) is 0 Å². The van der Waals surface area contributed by atoms with Crippen LogP contribution in [0, 0.1) is 17.3 Å². The summed E-state index contributed by atoms with van der Waals surface area (Å²) in [7, 11) is 0. The highest BCUT2D eigenvalue weighted by Crippen LogP contribution is 2.51. The lowest BCUT2D eigenvalue weighted by molar-refractivity contribution is -0.168. The van der Waals surface area contributed by atoms with Gasteiger partial charge in [-0.2, -0.15) is 0 Å². The topological polar surface area (TPSA) is 55.4 Å². The Hall–Kier alpha value is -0.900. The first-order valence-corrected chi connectivity index (χ1v) is 7.29. The van der Waals surface area contributed by atoms with Crippen molar-refractivity contribution in [1.82, 2.24) is 5.32 Å². The molecular weight excluding hydrogens is 242 g/mol. The molecule has 2 aliphatic heterocycles. The molecule has 2 aliphatic rings. The van der Waals surface area contributed by atoms with Crippen molar-refractivity contribution in [2.45, 2.75) is 59.0 Å². The van der Waals surface area contributed by atoms with Crippen molar-refractivity contribution in [2.75, 3.05) is 6.61 Å². The maximum atomic E-state index is 12.2. The van der Waals surface area contributed by atoms with E-state index in [1.54, 1.807) is 0 Å². The van der Waals surface area contributed by atoms with Crippen LogP contribution in [0.15, 0.2) is 0 Å². The smallest absolute Gasteiger partial charge is 0.230 e. The third kappa shape index (κ3) is 2.55. The molecule has 4 nitrogen and oxygen atoms in total. The molecule has 0 saturated carbocycles. The molecule has 2 fully saturated rings. The molecule has 19 heavy (non-hydrogen) atoms. The first kappa shape index (κ1) is 14.5. The summed E-state index contributed by atoms with van der Waals surface area (Å²) >= 11 is 0. The van der Waals surface area contributed by atoms with Gasteiger partial charge in [-0.05, 0) is 37.5 Å². The van der Waals surface area contributed by atoms with Crippen LogP contribution in [0.3, 0.4) is 0 Å². The first-order valence-electron chi connectivity index (χ1n) is 7.29. The van der Waals surface area contributed by atoms with Gasteiger partial charge in [0.05, 0.1) is 5.60 Å². The molecule has 108 valence electrons. The minimum Gasteiger partial charge on any atom is -0.375 e. The van der Waals surface area contributed by atoms with Gasteiger partial charge in [0.1, 0.15) is 0 Å². The number of nitrogens with one attached hydrogen (secondary N) is 1. The molecule has 4 heteroatoms. The van der Waals surface area contributed by atoms with E-state index in [1.807, 2.05) is 0 Å². The first-order chi connectivity index (χ1) is 8.82. The summed E-state index contributed by atoms with van der Waals surface area (Å²) in [4.78, 5) is 24.1. The Morgan fingerprint density at radius 2 is 2.11 bits per heavy atom. The van der Waals surface area contributed by atoms with Gasteiger partial charge in [0, 0.05) is 18.9 Å². The predicted molar refractivity (Wildman–Crippen MR) is 72.4 cm³/mol. The van der Waals surface area contributed by atoms with Gasteiger partial charge < -0.3 is 4.74 Å². The van der Waals surface area contributed by atoms with Crippen LogP contribution >= 0.6 is 0 Å². The molecule has 1 spiro atoms. The molecule has 3 unspecified atom stereocenters. The largest absolute Gasteiger partial charge is 0.375 e. The second-order valence-corrected chi connectivity index (χ2v) is 6.75. The Kier molecular flexibility index (Phi) is 3.74. The Labute approximate surface area is 115 Å². The van der Waals surface area contributed by atoms with Crippen LogP contribution < -0.4 is 5.32 Å². The quantitative estimate of drug-likeness (QED) is 0.781. The van der Waals surface area contributed by atoms with Crippen molar-refractivity contribution >= 4 is 11.8 Å². The predicted octanol–water partition coefficient (Wildman–Crippen LogP) is 2.27. The molecule has 3 atom stereocenters. The zero-order valence-corrected chi connectivity index (χ0v) is 12.4. The van der Waals surface area contributed by atoms with Crippen LogP contribution in [-0.2, 0) is 14.3 Å². The number of rotatable bonds is 2. The lowest BCUT2D eigenvalue weighted by Gasteiger charge is -2.52. The Morgan fingerprint density at radius 3 is 2.68 bits per heavy atom. The van der Waals surface area contributed by atoms with Crippen LogP contribution in [-0.4, -0.2) is 24.0 Å². The van der Waals surface area contributed by atoms with Crippen LogP contribution in [0.5, 0.6) is 0 Å². The number of hydrogen-bond donors (Lipinski definition) is 1. The molecule has 0 aromatic carbocycles. The molecule has 0 bridgehead atoms. The third-order valence-electron chi connectivity index (χ3n) is 4.91. The summed E-state index contributed by atoms with van der Waals surface area (Å²) in [6.45, 7) is 8.99. The summed E-state index contributed by atoms with van der Waals surface area (Å²) < 4.78 is 5.90. The third-order valence-corrected chi connectivity index (χ3v) is 4.91. The average Bonchev–Trinajstić information content (AvgIpc) is 2.26. The van der Waals surface area contributed by atoms with E-state index in [0.717, 1.165) is 19.3 Å². The van der Waals surface area contributed by atoms with E-state index in [0.29, 0.717) is 13.0 Å². The molecule has 2 rings (SSSR count). The average molecular weight is 267 g/mol. The van der Waals surface area contributed by atoms with Crippen molar-refractivity contribution in [1.29, 1.82) is 0 Å². The Morgan fingerprint density at radius 1 is 1.42 bits per heavy atom. The van der Waals surface area contributed by atoms with Crippen LogP contribution in [0.2, 0.25) is 0 Å². The van der Waals surface area contributed by atoms with Gasteiger partial charge in [-0.1, -0.05) is 20.8 Å². The van der Waals surface area contributed by atoms with E-state index < -0.39 is 0 Å². The number of carbonyl (C=O) groups excluding carboxylic acids is 2. The minimum absolute atomic E-state index is 0.0834. The SMILES string of the molecule is CCC1(C)CC2(CCO1)CC(=O)NC(=O)C2C(C)C. The zero-order valence-electron chi connectivity index (χ0n) is 12.4. The fraction of sp³-hybridized carbons (Fsp3) is 0.867. The molecule has 0 aromatic heterocycles. The summed E-state index contributed by atoms with van der Waals surface area (Å²) in [6.07, 6.45) is 2.99. The second-order valence-electron chi connectivity index (χ2n) is 6.75. The number of carbonyl (C=O) groups is 2. The maximum Gasteiger partial charge on any atom is 0.230 e. The summed E-state index contributed by atoms with van der Waals surface area (Å²) in [5, 5.41) is 2.51. The number of ether oxygens (including phenoxy) is 1. The van der Waals surface area contributed by atoms with Crippen molar-refractivity contribution in [3.05, 3.63) is 0 Å². The summed E-state index contributed by atoms with van der Waals surface area (Å²) in [5.41, 5.74) is -0.417. The molecule has 0 radical (unpaired) electrons. The minimum atomic E-state index is -0.212. The van der Waals surface area contributed by atoms with E-state index >= 15 is 0 Å². The highest BCUT2D eigenvalue weighted by molar-refractivity contribution is 5.99. The highest BCUT2D eigenvalue weighted by Gasteiger charge is 2.54. The van der Waals surface area contributed by atoms with Gasteiger partial charge in [-0.3, -0.25) is 14.9 Å². The van der Waals surface area contributed by atoms with Crippen LogP contribution in [0.1, 0.15) is 53.4 Å². The van der Waals surface area contributed by atoms with Gasteiger partial charge in [0.2, 0.25) is 11.8 Å². The van der Waals surface area contributed by atoms with Gasteiger partial charge in [-0.25, -0.2) is 0 Å². The van der Waals surface area contributed by atoms with E-state index in [1.165, 1.54) is 0 Å². The molecule has 2 amide bonds. The van der Waals surface area contributed by atoms with E-state index in [4.69, 9.17) is 4.74 Å². The van der Waals surface area contributed by atoms with Gasteiger partial charge in [0.15, 0.2) is 0 Å². The molecule has 0 aromatic rings. The Bertz CT molecular complexity index is 393. The van der Waals surface area contributed by atoms with Crippen molar-refractivity contribution < 1.29 is 14.3 Å². The Balaban J connectivity index is 2.36. The number of amides is 2. The number of hydrogen-bond acceptors (Lipinski definition) is 3. The van der Waals surface area contributed by atoms with Crippen LogP contribution in [0.25, 0.3) is 0 Å². The van der Waals surface area contributed by atoms with Gasteiger partial charge in [0.25, 0.3) is 0 Å². The van der Waals surface area contributed by atoms with Crippen molar-refractivity contribution in [2.24, 2.45) is 17.3 Å². The maximum absolute atomic E-state index is 12.2. The van der Waals surface area contributed by atoms with Crippen LogP contribution in [0.4, 0.5) is 0 Å². The van der Waals surface area contributed by atoms with Crippen molar-refractivity contribution in [3.63, 3.8) is 0 Å². The number of imide groups is 1. The summed E-state index contributed by atoms with van der Waals surface area (Å²) in [5.74, 6) is -0.0545. The molecule has 1 N–H and O–H groups in total. The normalized spacial score (nSPS) is 39.7. The fourth-order valence-corrected chi connectivity index (χ4v) is 4.01. The van der Waals surface area contributed by atoms with E-state index in [-0.39, 0.29) is 34.7 Å².